The number of aryl methyl sites for hydroxylation is 2. The van der Waals surface area contributed by atoms with E-state index in [2.05, 4.69) is 46.1 Å². The molecule has 130 valence electrons. The lowest BCUT2D eigenvalue weighted by Gasteiger charge is -2.32. The molecule has 3 heterocycles. The molecule has 1 N–H and O–H groups in total. The van der Waals surface area contributed by atoms with Crippen molar-refractivity contribution in [1.29, 1.82) is 0 Å². The van der Waals surface area contributed by atoms with Gasteiger partial charge in [-0.05, 0) is 70.2 Å². The summed E-state index contributed by atoms with van der Waals surface area (Å²) >= 11 is 0. The molecule has 0 unspecified atom stereocenters. The lowest BCUT2D eigenvalue weighted by Crippen LogP contribution is -2.35. The van der Waals surface area contributed by atoms with E-state index in [1.807, 2.05) is 13.0 Å². The van der Waals surface area contributed by atoms with Crippen molar-refractivity contribution in [2.75, 3.05) is 19.7 Å². The van der Waals surface area contributed by atoms with Crippen LogP contribution in [0.4, 0.5) is 0 Å². The third kappa shape index (κ3) is 4.57. The van der Waals surface area contributed by atoms with Crippen LogP contribution in [0.3, 0.4) is 0 Å². The summed E-state index contributed by atoms with van der Waals surface area (Å²) in [6.45, 7) is 10.0. The highest BCUT2D eigenvalue weighted by Crippen LogP contribution is 2.23. The number of nitrogens with one attached hydrogen (secondary N) is 1. The molecule has 1 saturated heterocycles. The Morgan fingerprint density at radius 1 is 1.25 bits per heavy atom. The molecule has 0 aliphatic carbocycles. The zero-order chi connectivity index (χ0) is 16.9. The molecule has 1 aliphatic rings. The maximum atomic E-state index is 5.43. The van der Waals surface area contributed by atoms with Crippen molar-refractivity contribution in [3.05, 3.63) is 40.8 Å². The molecule has 1 fully saturated rings. The second-order valence-electron chi connectivity index (χ2n) is 6.87. The maximum absolute atomic E-state index is 5.43. The molecule has 24 heavy (non-hydrogen) atoms. The number of piperidine rings is 1. The monoisotopic (exact) mass is 328 g/mol. The number of likely N-dealkylation sites (tertiary alicyclic amines) is 1. The number of hydrogen-bond donors (Lipinski definition) is 1. The molecule has 1 atom stereocenters. The van der Waals surface area contributed by atoms with Gasteiger partial charge in [0.1, 0.15) is 0 Å². The highest BCUT2D eigenvalue weighted by Gasteiger charge is 2.21. The minimum atomic E-state index is 0.654. The van der Waals surface area contributed by atoms with Crippen LogP contribution >= 0.6 is 0 Å². The zero-order valence-electron chi connectivity index (χ0n) is 15.0. The molecule has 5 nitrogen and oxygen atoms in total. The Bertz CT molecular complexity index is 647. The Balaban J connectivity index is 1.57. The van der Waals surface area contributed by atoms with Crippen LogP contribution in [0, 0.1) is 19.8 Å². The van der Waals surface area contributed by atoms with E-state index in [4.69, 9.17) is 4.74 Å². The number of H-pyrrole nitrogens is 1. The van der Waals surface area contributed by atoms with E-state index in [9.17, 15) is 0 Å². The maximum Gasteiger partial charge on any atom is 0.232 e. The quantitative estimate of drug-likeness (QED) is 0.884. The summed E-state index contributed by atoms with van der Waals surface area (Å²) in [6, 6.07) is 6.48. The lowest BCUT2D eigenvalue weighted by atomic mass is 9.91. The number of aromatic nitrogens is 3. The second-order valence-corrected chi connectivity index (χ2v) is 6.87. The number of ether oxygens (including phenoxy) is 1. The molecule has 0 saturated carbocycles. The van der Waals surface area contributed by atoms with Gasteiger partial charge in [0.15, 0.2) is 0 Å². The predicted molar refractivity (Wildman–Crippen MR) is 95.2 cm³/mol. The fraction of sp³-hybridized carbons (Fsp3) is 0.579. The Morgan fingerprint density at radius 2 is 2.04 bits per heavy atom. The normalized spacial score (nSPS) is 18.7. The Kier molecular flexibility index (Phi) is 5.51. The molecule has 0 radical (unpaired) electrons. The van der Waals surface area contributed by atoms with Crippen LogP contribution in [0.2, 0.25) is 0 Å². The summed E-state index contributed by atoms with van der Waals surface area (Å²) < 4.78 is 5.43. The summed E-state index contributed by atoms with van der Waals surface area (Å²) in [5.41, 5.74) is 4.80. The third-order valence-electron chi connectivity index (χ3n) is 4.56. The largest absolute Gasteiger partial charge is 0.477 e. The van der Waals surface area contributed by atoms with Gasteiger partial charge >= 0.3 is 0 Å². The minimum absolute atomic E-state index is 0.654. The van der Waals surface area contributed by atoms with Crippen LogP contribution in [0.15, 0.2) is 18.2 Å². The first-order chi connectivity index (χ1) is 11.6. The van der Waals surface area contributed by atoms with E-state index < -0.39 is 0 Å². The van der Waals surface area contributed by atoms with Crippen molar-refractivity contribution in [3.63, 3.8) is 0 Å². The molecular formula is C19H28N4O. The van der Waals surface area contributed by atoms with Gasteiger partial charge < -0.3 is 4.74 Å². The van der Waals surface area contributed by atoms with Crippen molar-refractivity contribution in [3.8, 4) is 5.88 Å². The molecule has 0 amide bonds. The molecule has 1 aliphatic heterocycles. The first-order valence-corrected chi connectivity index (χ1v) is 8.96. The number of aromatic amines is 1. The van der Waals surface area contributed by atoms with Crippen molar-refractivity contribution < 1.29 is 4.74 Å². The van der Waals surface area contributed by atoms with Gasteiger partial charge in [-0.1, -0.05) is 0 Å². The summed E-state index contributed by atoms with van der Waals surface area (Å²) in [5, 5.41) is 7.29. The molecule has 2 aromatic rings. The molecule has 5 heteroatoms. The highest BCUT2D eigenvalue weighted by atomic mass is 16.5. The van der Waals surface area contributed by atoms with Crippen LogP contribution in [-0.2, 0) is 13.0 Å². The minimum Gasteiger partial charge on any atom is -0.477 e. The van der Waals surface area contributed by atoms with Crippen molar-refractivity contribution in [2.45, 2.75) is 46.6 Å². The van der Waals surface area contributed by atoms with Crippen LogP contribution in [0.1, 0.15) is 42.4 Å². The number of nitrogens with zero attached hydrogens (tertiary/aromatic N) is 3. The summed E-state index contributed by atoms with van der Waals surface area (Å²) in [6.07, 6.45) is 3.72. The zero-order valence-corrected chi connectivity index (χ0v) is 15.0. The average molecular weight is 328 g/mol. The van der Waals surface area contributed by atoms with Gasteiger partial charge in [0, 0.05) is 30.5 Å². The standard InChI is InChI=1S/C19H28N4O/c1-4-24-19-11-18(21-22-19)13-23-7-5-6-16(12-23)10-17-8-14(2)20-15(3)9-17/h8-9,11,16H,4-7,10,12-13H2,1-3H3,(H,21,22)/t16-/m1/s1. The fourth-order valence-electron chi connectivity index (χ4n) is 3.72. The van der Waals surface area contributed by atoms with Crippen molar-refractivity contribution in [2.24, 2.45) is 5.92 Å². The van der Waals surface area contributed by atoms with E-state index in [1.165, 1.54) is 18.4 Å². The van der Waals surface area contributed by atoms with E-state index in [0.717, 1.165) is 43.1 Å². The van der Waals surface area contributed by atoms with Gasteiger partial charge in [-0.2, -0.15) is 0 Å². The molecular weight excluding hydrogens is 300 g/mol. The summed E-state index contributed by atoms with van der Waals surface area (Å²) in [5.74, 6) is 1.41. The van der Waals surface area contributed by atoms with Crippen LogP contribution in [-0.4, -0.2) is 39.8 Å². The number of rotatable bonds is 6. The van der Waals surface area contributed by atoms with E-state index in [1.54, 1.807) is 0 Å². The van der Waals surface area contributed by atoms with Gasteiger partial charge in [0.05, 0.1) is 12.3 Å². The molecule has 3 rings (SSSR count). The predicted octanol–water partition coefficient (Wildman–Crippen LogP) is 3.27. The third-order valence-corrected chi connectivity index (χ3v) is 4.56. The summed E-state index contributed by atoms with van der Waals surface area (Å²) in [7, 11) is 0. The fourth-order valence-corrected chi connectivity index (χ4v) is 3.72. The second kappa shape index (κ2) is 7.79. The first-order valence-electron chi connectivity index (χ1n) is 8.96. The van der Waals surface area contributed by atoms with E-state index in [-0.39, 0.29) is 0 Å². The average Bonchev–Trinajstić information content (AvgIpc) is 2.94. The first kappa shape index (κ1) is 17.0. The Hall–Kier alpha value is -1.88. The van der Waals surface area contributed by atoms with Crippen molar-refractivity contribution in [1.82, 2.24) is 20.1 Å². The van der Waals surface area contributed by atoms with Gasteiger partial charge in [-0.15, -0.1) is 5.10 Å². The van der Waals surface area contributed by atoms with E-state index >= 15 is 0 Å². The Morgan fingerprint density at radius 3 is 2.79 bits per heavy atom. The molecule has 0 bridgehead atoms. The topological polar surface area (TPSA) is 54.0 Å². The number of hydrogen-bond acceptors (Lipinski definition) is 4. The van der Waals surface area contributed by atoms with Crippen LogP contribution < -0.4 is 4.74 Å². The summed E-state index contributed by atoms with van der Waals surface area (Å²) in [4.78, 5) is 7.01. The molecule has 0 aromatic carbocycles. The van der Waals surface area contributed by atoms with Gasteiger partial charge in [-0.3, -0.25) is 15.0 Å². The van der Waals surface area contributed by atoms with Crippen LogP contribution in [0.25, 0.3) is 0 Å². The molecule has 2 aromatic heterocycles. The number of pyridine rings is 1. The van der Waals surface area contributed by atoms with Gasteiger partial charge in [0.25, 0.3) is 0 Å². The smallest absolute Gasteiger partial charge is 0.232 e. The lowest BCUT2D eigenvalue weighted by molar-refractivity contribution is 0.165. The van der Waals surface area contributed by atoms with Gasteiger partial charge in [-0.25, -0.2) is 0 Å². The Labute approximate surface area is 144 Å². The van der Waals surface area contributed by atoms with Gasteiger partial charge in [0.2, 0.25) is 5.88 Å². The van der Waals surface area contributed by atoms with E-state index in [0.29, 0.717) is 18.4 Å². The van der Waals surface area contributed by atoms with Crippen LogP contribution in [0.5, 0.6) is 5.88 Å². The molecule has 0 spiro atoms. The van der Waals surface area contributed by atoms with Crippen molar-refractivity contribution >= 4 is 0 Å². The highest BCUT2D eigenvalue weighted by molar-refractivity contribution is 5.21. The SMILES string of the molecule is CCOc1cc(CN2CCC[C@H](Cc3cc(C)nc(C)c3)C2)[nH]n1.